The molecule has 0 saturated heterocycles. The van der Waals surface area contributed by atoms with E-state index in [0.717, 1.165) is 0 Å². The second-order valence-electron chi connectivity index (χ2n) is 2.82. The summed E-state index contributed by atoms with van der Waals surface area (Å²) in [6.45, 7) is 7.60. The average Bonchev–Trinajstić information content (AvgIpc) is 2.05. The van der Waals surface area contributed by atoms with Gasteiger partial charge in [0.15, 0.2) is 0 Å². The molecule has 0 aromatic rings. The van der Waals surface area contributed by atoms with Gasteiger partial charge in [-0.25, -0.2) is 0 Å². The van der Waals surface area contributed by atoms with Crippen molar-refractivity contribution in [3.05, 3.63) is 12.7 Å². The van der Waals surface area contributed by atoms with Crippen LogP contribution in [0.5, 0.6) is 0 Å². The molecule has 0 aromatic heterocycles. The first-order valence-corrected chi connectivity index (χ1v) is 4.80. The maximum absolute atomic E-state index is 11.2. The molecule has 1 unspecified atom stereocenters. The van der Waals surface area contributed by atoms with Gasteiger partial charge in [0.25, 0.3) is 0 Å². The van der Waals surface area contributed by atoms with Crippen LogP contribution in [0.1, 0.15) is 13.8 Å². The molecule has 2 nitrogen and oxygen atoms in total. The predicted molar refractivity (Wildman–Crippen MR) is 53.3 cm³/mol. The largest absolute Gasteiger partial charge is 0.469 e. The van der Waals surface area contributed by atoms with Crippen molar-refractivity contribution in [1.82, 2.24) is 0 Å². The number of methoxy groups -OCH3 is 1. The Hall–Kier alpha value is -0.310. The molecular weight excluding hydrogens is 220 g/mol. The Morgan fingerprint density at radius 2 is 2.08 bits per heavy atom. The van der Waals surface area contributed by atoms with Gasteiger partial charge < -0.3 is 4.74 Å². The van der Waals surface area contributed by atoms with Crippen LogP contribution in [0.3, 0.4) is 0 Å². The van der Waals surface area contributed by atoms with Crippen molar-refractivity contribution < 1.29 is 9.53 Å². The van der Waals surface area contributed by atoms with Gasteiger partial charge in [-0.15, -0.1) is 6.58 Å². The summed E-state index contributed by atoms with van der Waals surface area (Å²) >= 11 is 3.42. The fraction of sp³-hybridized carbons (Fsp3) is 0.667. The third kappa shape index (κ3) is 2.97. The highest BCUT2D eigenvalue weighted by Gasteiger charge is 2.25. The van der Waals surface area contributed by atoms with Gasteiger partial charge in [-0.1, -0.05) is 35.9 Å². The summed E-state index contributed by atoms with van der Waals surface area (Å²) in [5.74, 6) is -0.233. The lowest BCUT2D eigenvalue weighted by Gasteiger charge is -2.20. The van der Waals surface area contributed by atoms with Crippen LogP contribution in [0.15, 0.2) is 12.7 Å². The Morgan fingerprint density at radius 1 is 1.58 bits per heavy atom. The Morgan fingerprint density at radius 3 is 2.33 bits per heavy atom. The van der Waals surface area contributed by atoms with Gasteiger partial charge in [0.2, 0.25) is 0 Å². The lowest BCUT2D eigenvalue weighted by Crippen LogP contribution is -2.25. The molecule has 0 aromatic carbocycles. The minimum atomic E-state index is -0.219. The number of ether oxygens (including phenoxy) is 1. The van der Waals surface area contributed by atoms with Crippen LogP contribution in [0.4, 0.5) is 0 Å². The molecule has 3 atom stereocenters. The van der Waals surface area contributed by atoms with Crippen LogP contribution in [0.2, 0.25) is 0 Å². The summed E-state index contributed by atoms with van der Waals surface area (Å²) in [6, 6.07) is 0. The van der Waals surface area contributed by atoms with Crippen LogP contribution in [0, 0.1) is 11.8 Å². The molecule has 0 bridgehead atoms. The molecule has 0 rings (SSSR count). The number of carbonyl (C=O) groups is 1. The monoisotopic (exact) mass is 234 g/mol. The van der Waals surface area contributed by atoms with Crippen LogP contribution in [-0.4, -0.2) is 17.9 Å². The number of rotatable bonds is 4. The molecule has 0 spiro atoms. The first-order chi connectivity index (χ1) is 5.54. The highest BCUT2D eigenvalue weighted by molar-refractivity contribution is 9.09. The number of hydrogen-bond acceptors (Lipinski definition) is 2. The van der Waals surface area contributed by atoms with Gasteiger partial charge >= 0.3 is 5.97 Å². The molecule has 0 saturated carbocycles. The highest BCUT2D eigenvalue weighted by Crippen LogP contribution is 2.22. The summed E-state index contributed by atoms with van der Waals surface area (Å²) in [5, 5.41) is 0. The number of esters is 1. The Kier molecular flexibility index (Phi) is 5.22. The summed E-state index contributed by atoms with van der Waals surface area (Å²) in [7, 11) is 1.39. The summed E-state index contributed by atoms with van der Waals surface area (Å²) in [4.78, 5) is 11.5. The maximum Gasteiger partial charge on any atom is 0.312 e. The second kappa shape index (κ2) is 5.36. The number of halogens is 1. The number of carbonyl (C=O) groups excluding carboxylic acids is 1. The van der Waals surface area contributed by atoms with Gasteiger partial charge in [0.05, 0.1) is 13.0 Å². The van der Waals surface area contributed by atoms with E-state index in [4.69, 9.17) is 0 Å². The predicted octanol–water partition coefficient (Wildman–Crippen LogP) is 2.38. The Balaban J connectivity index is 4.33. The SMILES string of the molecule is C=CC(C(=O)OC)[C@@H](C)[C@@H](C)Br. The van der Waals surface area contributed by atoms with Crippen molar-refractivity contribution in [2.24, 2.45) is 11.8 Å². The second-order valence-corrected chi connectivity index (χ2v) is 4.27. The zero-order valence-electron chi connectivity index (χ0n) is 7.71. The van der Waals surface area contributed by atoms with Crippen LogP contribution >= 0.6 is 15.9 Å². The van der Waals surface area contributed by atoms with Gasteiger partial charge in [-0.05, 0) is 5.92 Å². The van der Waals surface area contributed by atoms with Gasteiger partial charge in [0.1, 0.15) is 0 Å². The molecular formula is C9H15BrO2. The molecule has 0 amide bonds. The lowest BCUT2D eigenvalue weighted by atomic mass is 9.92. The Labute approximate surface area is 82.1 Å². The normalized spacial score (nSPS) is 17.7. The lowest BCUT2D eigenvalue weighted by molar-refractivity contribution is -0.145. The summed E-state index contributed by atoms with van der Waals surface area (Å²) in [5.41, 5.74) is 0. The van der Waals surface area contributed by atoms with E-state index in [1.54, 1.807) is 6.08 Å². The minimum absolute atomic E-state index is 0.204. The van der Waals surface area contributed by atoms with E-state index in [9.17, 15) is 4.79 Å². The van der Waals surface area contributed by atoms with Crippen molar-refractivity contribution in [3.63, 3.8) is 0 Å². The first-order valence-electron chi connectivity index (χ1n) is 3.89. The third-order valence-electron chi connectivity index (χ3n) is 2.02. The van der Waals surface area contributed by atoms with Gasteiger partial charge in [-0.3, -0.25) is 4.79 Å². The fourth-order valence-electron chi connectivity index (χ4n) is 0.947. The zero-order valence-corrected chi connectivity index (χ0v) is 9.30. The van der Waals surface area contributed by atoms with Crippen molar-refractivity contribution in [2.75, 3.05) is 7.11 Å². The molecule has 3 heteroatoms. The first kappa shape index (κ1) is 11.7. The van der Waals surface area contributed by atoms with E-state index in [1.807, 2.05) is 13.8 Å². The van der Waals surface area contributed by atoms with Crippen molar-refractivity contribution >= 4 is 21.9 Å². The zero-order chi connectivity index (χ0) is 9.72. The van der Waals surface area contributed by atoms with E-state index in [1.165, 1.54) is 7.11 Å². The highest BCUT2D eigenvalue weighted by atomic mass is 79.9. The van der Waals surface area contributed by atoms with E-state index >= 15 is 0 Å². The van der Waals surface area contributed by atoms with Crippen LogP contribution in [-0.2, 0) is 9.53 Å². The van der Waals surface area contributed by atoms with E-state index in [2.05, 4.69) is 27.2 Å². The third-order valence-corrected chi connectivity index (χ3v) is 2.85. The molecule has 70 valence electrons. The Bertz CT molecular complexity index is 166. The molecule has 12 heavy (non-hydrogen) atoms. The molecule has 0 fully saturated rings. The summed E-state index contributed by atoms with van der Waals surface area (Å²) in [6.07, 6.45) is 1.63. The van der Waals surface area contributed by atoms with Gasteiger partial charge in [0, 0.05) is 4.83 Å². The van der Waals surface area contributed by atoms with Crippen molar-refractivity contribution in [2.45, 2.75) is 18.7 Å². The quantitative estimate of drug-likeness (QED) is 0.425. The maximum atomic E-state index is 11.2. The fourth-order valence-corrected chi connectivity index (χ4v) is 1.28. The van der Waals surface area contributed by atoms with E-state index < -0.39 is 0 Å². The number of hydrogen-bond donors (Lipinski definition) is 0. The summed E-state index contributed by atoms with van der Waals surface area (Å²) < 4.78 is 4.64. The molecule has 0 aliphatic carbocycles. The smallest absolute Gasteiger partial charge is 0.312 e. The number of alkyl halides is 1. The molecule has 0 heterocycles. The molecule has 0 radical (unpaired) electrons. The van der Waals surface area contributed by atoms with Crippen LogP contribution in [0.25, 0.3) is 0 Å². The van der Waals surface area contributed by atoms with Crippen molar-refractivity contribution in [3.8, 4) is 0 Å². The van der Waals surface area contributed by atoms with Crippen molar-refractivity contribution in [1.29, 1.82) is 0 Å². The minimum Gasteiger partial charge on any atom is -0.469 e. The average molecular weight is 235 g/mol. The molecule has 0 aliphatic rings. The molecule has 0 N–H and O–H groups in total. The standard InChI is InChI=1S/C9H15BrO2/c1-5-8(9(11)12-4)6(2)7(3)10/h5-8H,1H2,2-4H3/t6-,7+,8?/m0/s1. The topological polar surface area (TPSA) is 26.3 Å². The van der Waals surface area contributed by atoms with Gasteiger partial charge in [-0.2, -0.15) is 0 Å². The molecule has 0 aliphatic heterocycles. The van der Waals surface area contributed by atoms with E-state index in [-0.39, 0.29) is 22.6 Å². The van der Waals surface area contributed by atoms with Crippen LogP contribution < -0.4 is 0 Å². The van der Waals surface area contributed by atoms with E-state index in [0.29, 0.717) is 0 Å².